The number of nitrogens with zero attached hydrogens (tertiary/aromatic N) is 2. The Labute approximate surface area is 146 Å². The molecule has 7 heteroatoms. The van der Waals surface area contributed by atoms with Gasteiger partial charge in [-0.05, 0) is 17.5 Å². The molecule has 138 valence electrons. The average molecular weight is 353 g/mol. The second kappa shape index (κ2) is 7.66. The lowest BCUT2D eigenvalue weighted by molar-refractivity contribution is -0.0471. The number of hydrogen-bond acceptors (Lipinski definition) is 3. The zero-order valence-electron chi connectivity index (χ0n) is 14.3. The Bertz CT molecular complexity index is 602. The van der Waals surface area contributed by atoms with E-state index in [1.165, 1.54) is 16.0 Å². The molecule has 3 rings (SSSR count). The first-order chi connectivity index (χ1) is 11.9. The molecule has 0 bridgehead atoms. The standard InChI is InChI=1S/C18H25F2N3O2/c19-18(20)6-9-23(10-7-18)17(25)21-11-16(24)13-22-8-5-14-3-1-2-4-15(14)12-22/h1-4,16,24H,5-13H2,(H,21,25)/t16-/m0/s1. The number of amides is 2. The number of benzene rings is 1. The maximum Gasteiger partial charge on any atom is 0.317 e. The Morgan fingerprint density at radius 3 is 2.60 bits per heavy atom. The summed E-state index contributed by atoms with van der Waals surface area (Å²) in [6, 6.07) is 7.91. The molecular weight excluding hydrogens is 328 g/mol. The molecule has 2 amide bonds. The van der Waals surface area contributed by atoms with E-state index in [9.17, 15) is 18.7 Å². The Balaban J connectivity index is 1.40. The summed E-state index contributed by atoms with van der Waals surface area (Å²) in [5.74, 6) is -2.67. The number of rotatable bonds is 4. The number of hydrogen-bond donors (Lipinski definition) is 2. The van der Waals surface area contributed by atoms with E-state index in [0.29, 0.717) is 6.54 Å². The lowest BCUT2D eigenvalue weighted by Gasteiger charge is -2.33. The highest BCUT2D eigenvalue weighted by Crippen LogP contribution is 2.27. The van der Waals surface area contributed by atoms with E-state index in [0.717, 1.165) is 19.5 Å². The van der Waals surface area contributed by atoms with E-state index in [1.54, 1.807) is 0 Å². The van der Waals surface area contributed by atoms with Gasteiger partial charge in [0.25, 0.3) is 5.92 Å². The zero-order valence-corrected chi connectivity index (χ0v) is 14.3. The number of urea groups is 1. The second-order valence-corrected chi connectivity index (χ2v) is 6.94. The molecule has 2 N–H and O–H groups in total. The molecule has 1 atom stereocenters. The van der Waals surface area contributed by atoms with Crippen LogP contribution in [-0.4, -0.2) is 65.7 Å². The number of halogens is 2. The highest BCUT2D eigenvalue weighted by molar-refractivity contribution is 5.74. The predicted octanol–water partition coefficient (Wildman–Crippen LogP) is 1.85. The first-order valence-electron chi connectivity index (χ1n) is 8.81. The van der Waals surface area contributed by atoms with Gasteiger partial charge in [-0.25, -0.2) is 13.6 Å². The van der Waals surface area contributed by atoms with Crippen LogP contribution in [0.3, 0.4) is 0 Å². The largest absolute Gasteiger partial charge is 0.390 e. The van der Waals surface area contributed by atoms with E-state index in [4.69, 9.17) is 0 Å². The summed E-state index contributed by atoms with van der Waals surface area (Å²) < 4.78 is 26.2. The van der Waals surface area contributed by atoms with Crippen LogP contribution in [0, 0.1) is 0 Å². The van der Waals surface area contributed by atoms with Crippen molar-refractivity contribution < 1.29 is 18.7 Å². The summed E-state index contributed by atoms with van der Waals surface area (Å²) in [5, 5.41) is 12.8. The average Bonchev–Trinajstić information content (AvgIpc) is 2.59. The summed E-state index contributed by atoms with van der Waals surface area (Å²) in [6.07, 6.45) is -0.315. The van der Waals surface area contributed by atoms with Crippen LogP contribution in [0.4, 0.5) is 13.6 Å². The summed E-state index contributed by atoms with van der Waals surface area (Å²) in [5.41, 5.74) is 2.63. The van der Waals surface area contributed by atoms with Crippen molar-refractivity contribution in [2.45, 2.75) is 37.8 Å². The van der Waals surface area contributed by atoms with Crippen molar-refractivity contribution in [3.63, 3.8) is 0 Å². The first kappa shape index (κ1) is 18.1. The molecular formula is C18H25F2N3O2. The van der Waals surface area contributed by atoms with Crippen LogP contribution in [0.25, 0.3) is 0 Å². The molecule has 0 aromatic heterocycles. The highest BCUT2D eigenvalue weighted by atomic mass is 19.3. The van der Waals surface area contributed by atoms with Gasteiger partial charge in [0.1, 0.15) is 0 Å². The molecule has 2 aliphatic rings. The molecule has 0 unspecified atom stereocenters. The SMILES string of the molecule is O=C(NC[C@H](O)CN1CCc2ccccc2C1)N1CCC(F)(F)CC1. The molecule has 2 heterocycles. The Morgan fingerprint density at radius 2 is 1.88 bits per heavy atom. The number of β-amino-alcohol motifs (C(OH)–C–C–N with tert-alkyl or cyclic N) is 1. The minimum absolute atomic E-state index is 0.0534. The topological polar surface area (TPSA) is 55.8 Å². The van der Waals surface area contributed by atoms with Crippen molar-refractivity contribution >= 4 is 6.03 Å². The molecule has 1 aromatic carbocycles. The van der Waals surface area contributed by atoms with Crippen molar-refractivity contribution in [1.82, 2.24) is 15.1 Å². The normalized spacial score (nSPS) is 21.5. The molecule has 0 radical (unpaired) electrons. The molecule has 1 aromatic rings. The van der Waals surface area contributed by atoms with Crippen LogP contribution >= 0.6 is 0 Å². The monoisotopic (exact) mass is 353 g/mol. The molecule has 25 heavy (non-hydrogen) atoms. The third kappa shape index (κ3) is 4.89. The van der Waals surface area contributed by atoms with Crippen LogP contribution in [0.5, 0.6) is 0 Å². The molecule has 1 saturated heterocycles. The van der Waals surface area contributed by atoms with E-state index < -0.39 is 12.0 Å². The smallest absolute Gasteiger partial charge is 0.317 e. The van der Waals surface area contributed by atoms with Crippen LogP contribution in [-0.2, 0) is 13.0 Å². The van der Waals surface area contributed by atoms with Gasteiger partial charge in [-0.3, -0.25) is 4.90 Å². The van der Waals surface area contributed by atoms with Gasteiger partial charge in [-0.15, -0.1) is 0 Å². The molecule has 0 saturated carbocycles. The second-order valence-electron chi connectivity index (χ2n) is 6.94. The van der Waals surface area contributed by atoms with Crippen molar-refractivity contribution in [1.29, 1.82) is 0 Å². The van der Waals surface area contributed by atoms with Crippen LogP contribution < -0.4 is 5.32 Å². The number of carbonyl (C=O) groups excluding carboxylic acids is 1. The quantitative estimate of drug-likeness (QED) is 0.869. The summed E-state index contributed by atoms with van der Waals surface area (Å²) >= 11 is 0. The Hall–Kier alpha value is -1.73. The van der Waals surface area contributed by atoms with Crippen molar-refractivity contribution in [3.05, 3.63) is 35.4 Å². The fourth-order valence-corrected chi connectivity index (χ4v) is 3.43. The molecule has 5 nitrogen and oxygen atoms in total. The summed E-state index contributed by atoms with van der Waals surface area (Å²) in [7, 11) is 0. The summed E-state index contributed by atoms with van der Waals surface area (Å²) in [6.45, 7) is 2.39. The fraction of sp³-hybridized carbons (Fsp3) is 0.611. The lowest BCUT2D eigenvalue weighted by Crippen LogP contribution is -2.49. The van der Waals surface area contributed by atoms with Crippen LogP contribution in [0.15, 0.2) is 24.3 Å². The number of piperidine rings is 1. The number of alkyl halides is 2. The van der Waals surface area contributed by atoms with E-state index in [2.05, 4.69) is 22.3 Å². The van der Waals surface area contributed by atoms with Gasteiger partial charge in [0.15, 0.2) is 0 Å². The number of carbonyl (C=O) groups is 1. The molecule has 0 aliphatic carbocycles. The third-order valence-electron chi connectivity index (χ3n) is 4.95. The van der Waals surface area contributed by atoms with Gasteiger partial charge in [-0.2, -0.15) is 0 Å². The van der Waals surface area contributed by atoms with Crippen molar-refractivity contribution in [2.24, 2.45) is 0 Å². The van der Waals surface area contributed by atoms with Crippen LogP contribution in [0.2, 0.25) is 0 Å². The number of aliphatic hydroxyl groups excluding tert-OH is 1. The van der Waals surface area contributed by atoms with Crippen LogP contribution in [0.1, 0.15) is 24.0 Å². The van der Waals surface area contributed by atoms with E-state index in [1.807, 2.05) is 12.1 Å². The summed E-state index contributed by atoms with van der Waals surface area (Å²) in [4.78, 5) is 15.6. The zero-order chi connectivity index (χ0) is 17.9. The minimum atomic E-state index is -2.67. The maximum absolute atomic E-state index is 13.1. The fourth-order valence-electron chi connectivity index (χ4n) is 3.43. The molecule has 2 aliphatic heterocycles. The molecule has 0 spiro atoms. The Kier molecular flexibility index (Phi) is 5.54. The predicted molar refractivity (Wildman–Crippen MR) is 90.6 cm³/mol. The minimum Gasteiger partial charge on any atom is -0.390 e. The van der Waals surface area contributed by atoms with E-state index >= 15 is 0 Å². The number of fused-ring (bicyclic) bond motifs is 1. The van der Waals surface area contributed by atoms with Gasteiger partial charge in [0.05, 0.1) is 6.10 Å². The van der Waals surface area contributed by atoms with Gasteiger partial charge in [-0.1, -0.05) is 24.3 Å². The molecule has 1 fully saturated rings. The third-order valence-corrected chi connectivity index (χ3v) is 4.95. The van der Waals surface area contributed by atoms with Crippen molar-refractivity contribution in [3.8, 4) is 0 Å². The van der Waals surface area contributed by atoms with E-state index in [-0.39, 0.29) is 38.5 Å². The maximum atomic E-state index is 13.1. The van der Waals surface area contributed by atoms with Crippen molar-refractivity contribution in [2.75, 3.05) is 32.7 Å². The van der Waals surface area contributed by atoms with Gasteiger partial charge < -0.3 is 15.3 Å². The highest BCUT2D eigenvalue weighted by Gasteiger charge is 2.35. The van der Waals surface area contributed by atoms with Gasteiger partial charge in [0, 0.05) is 52.1 Å². The number of nitrogens with one attached hydrogen (secondary N) is 1. The van der Waals surface area contributed by atoms with Gasteiger partial charge >= 0.3 is 6.03 Å². The number of aliphatic hydroxyl groups is 1. The Morgan fingerprint density at radius 1 is 1.20 bits per heavy atom. The number of likely N-dealkylation sites (tertiary alicyclic amines) is 1. The lowest BCUT2D eigenvalue weighted by atomic mass is 10.00. The van der Waals surface area contributed by atoms with Gasteiger partial charge in [0.2, 0.25) is 0 Å². The first-order valence-corrected chi connectivity index (χ1v) is 8.81.